The van der Waals surface area contributed by atoms with Crippen molar-refractivity contribution in [1.29, 1.82) is 5.41 Å². The Morgan fingerprint density at radius 1 is 1.43 bits per heavy atom. The average molecular weight is 96.1 g/mol. The maximum Gasteiger partial charge on any atom is 0.0277 e. The minimum Gasteiger partial charge on any atom is -0.309 e. The van der Waals surface area contributed by atoms with E-state index in [1.165, 1.54) is 6.21 Å². The number of aliphatic imine (C=N–C) groups is 1. The van der Waals surface area contributed by atoms with Crippen LogP contribution < -0.4 is 0 Å². The average Bonchev–Trinajstić information content (AvgIpc) is 1.69. The smallest absolute Gasteiger partial charge is 0.0277 e. The van der Waals surface area contributed by atoms with Crippen molar-refractivity contribution in [2.45, 2.75) is 0 Å². The minimum absolute atomic E-state index is 1.21. The van der Waals surface area contributed by atoms with E-state index in [9.17, 15) is 0 Å². The standard InChI is InChI=1S/C5H8N2/c1-7-5-3-2-4-6/h2-6H,1H3. The Balaban J connectivity index is 3.27. The minimum atomic E-state index is 1.21. The summed E-state index contributed by atoms with van der Waals surface area (Å²) in [7, 11) is 1.69. The SMILES string of the molecule is CN=CC=CC=N. The van der Waals surface area contributed by atoms with Crippen LogP contribution in [-0.4, -0.2) is 19.5 Å². The van der Waals surface area contributed by atoms with Crippen molar-refractivity contribution in [1.82, 2.24) is 0 Å². The molecule has 0 aliphatic carbocycles. The van der Waals surface area contributed by atoms with E-state index in [2.05, 4.69) is 4.99 Å². The van der Waals surface area contributed by atoms with E-state index in [1.54, 1.807) is 25.4 Å². The van der Waals surface area contributed by atoms with Crippen molar-refractivity contribution in [2.24, 2.45) is 4.99 Å². The molecule has 0 radical (unpaired) electrons. The van der Waals surface area contributed by atoms with Crippen molar-refractivity contribution in [3.05, 3.63) is 12.2 Å². The fourth-order valence-corrected chi connectivity index (χ4v) is 0.191. The lowest BCUT2D eigenvalue weighted by molar-refractivity contribution is 1.48. The molecule has 0 saturated carbocycles. The van der Waals surface area contributed by atoms with Crippen LogP contribution in [0.4, 0.5) is 0 Å². The van der Waals surface area contributed by atoms with E-state index < -0.39 is 0 Å². The zero-order valence-electron chi connectivity index (χ0n) is 4.26. The highest BCUT2D eigenvalue weighted by Gasteiger charge is 1.53. The summed E-state index contributed by atoms with van der Waals surface area (Å²) in [5.74, 6) is 0. The van der Waals surface area contributed by atoms with Gasteiger partial charge in [0.1, 0.15) is 0 Å². The van der Waals surface area contributed by atoms with Crippen molar-refractivity contribution in [2.75, 3.05) is 7.05 Å². The highest BCUT2D eigenvalue weighted by atomic mass is 14.6. The summed E-state index contributed by atoms with van der Waals surface area (Å²) in [5.41, 5.74) is 0. The van der Waals surface area contributed by atoms with Gasteiger partial charge in [-0.15, -0.1) is 0 Å². The molecule has 0 fully saturated rings. The first-order valence-corrected chi connectivity index (χ1v) is 1.99. The van der Waals surface area contributed by atoms with Gasteiger partial charge in [0.15, 0.2) is 0 Å². The van der Waals surface area contributed by atoms with Crippen LogP contribution in [0.15, 0.2) is 17.1 Å². The molecule has 0 spiro atoms. The lowest BCUT2D eigenvalue weighted by Gasteiger charge is -1.64. The topological polar surface area (TPSA) is 36.2 Å². The molecule has 0 aromatic heterocycles. The van der Waals surface area contributed by atoms with E-state index >= 15 is 0 Å². The second-order valence-electron chi connectivity index (χ2n) is 0.959. The molecule has 0 aliphatic rings. The van der Waals surface area contributed by atoms with Crippen LogP contribution in [0, 0.1) is 5.41 Å². The summed E-state index contributed by atoms with van der Waals surface area (Å²) in [4.78, 5) is 3.66. The highest BCUT2D eigenvalue weighted by Crippen LogP contribution is 1.59. The summed E-state index contributed by atoms with van der Waals surface area (Å²) in [6, 6.07) is 0. The molecule has 0 bridgehead atoms. The van der Waals surface area contributed by atoms with Gasteiger partial charge in [0.05, 0.1) is 0 Å². The molecule has 7 heavy (non-hydrogen) atoms. The van der Waals surface area contributed by atoms with Crippen molar-refractivity contribution in [3.8, 4) is 0 Å². The van der Waals surface area contributed by atoms with Gasteiger partial charge in [0.25, 0.3) is 0 Å². The van der Waals surface area contributed by atoms with Crippen LogP contribution >= 0.6 is 0 Å². The van der Waals surface area contributed by atoms with Gasteiger partial charge < -0.3 is 5.41 Å². The maximum atomic E-state index is 6.51. The summed E-state index contributed by atoms with van der Waals surface area (Å²) >= 11 is 0. The molecule has 0 rings (SSSR count). The largest absolute Gasteiger partial charge is 0.309 e. The summed E-state index contributed by atoms with van der Waals surface area (Å²) in [6.45, 7) is 0. The van der Waals surface area contributed by atoms with Crippen molar-refractivity contribution in [3.63, 3.8) is 0 Å². The molecular weight excluding hydrogens is 88.1 g/mol. The van der Waals surface area contributed by atoms with Gasteiger partial charge in [-0.05, 0) is 12.2 Å². The Hall–Kier alpha value is -0.920. The first-order chi connectivity index (χ1) is 3.41. The van der Waals surface area contributed by atoms with Crippen LogP contribution in [0.1, 0.15) is 0 Å². The third kappa shape index (κ3) is 5.08. The van der Waals surface area contributed by atoms with Crippen LogP contribution in [-0.2, 0) is 0 Å². The molecule has 0 aliphatic heterocycles. The number of rotatable bonds is 2. The third-order valence-electron chi connectivity index (χ3n) is 0.442. The number of nitrogens with zero attached hydrogens (tertiary/aromatic N) is 1. The van der Waals surface area contributed by atoms with Crippen LogP contribution in [0.3, 0.4) is 0 Å². The normalized spacial score (nSPS) is 11.0. The molecule has 0 saturated heterocycles. The first-order valence-electron chi connectivity index (χ1n) is 1.99. The van der Waals surface area contributed by atoms with E-state index in [1.807, 2.05) is 0 Å². The number of allylic oxidation sites excluding steroid dienone is 2. The van der Waals surface area contributed by atoms with Gasteiger partial charge in [-0.2, -0.15) is 0 Å². The molecule has 38 valence electrons. The van der Waals surface area contributed by atoms with Gasteiger partial charge in [0, 0.05) is 19.5 Å². The fraction of sp³-hybridized carbons (Fsp3) is 0.200. The Kier molecular flexibility index (Phi) is 4.41. The van der Waals surface area contributed by atoms with Gasteiger partial charge >= 0.3 is 0 Å². The molecule has 0 unspecified atom stereocenters. The van der Waals surface area contributed by atoms with Crippen LogP contribution in [0.5, 0.6) is 0 Å². The monoisotopic (exact) mass is 96.1 g/mol. The molecule has 0 aromatic rings. The third-order valence-corrected chi connectivity index (χ3v) is 0.442. The maximum absolute atomic E-state index is 6.51. The van der Waals surface area contributed by atoms with Gasteiger partial charge in [-0.3, -0.25) is 4.99 Å². The van der Waals surface area contributed by atoms with E-state index in [0.29, 0.717) is 0 Å². The Morgan fingerprint density at radius 3 is 2.57 bits per heavy atom. The van der Waals surface area contributed by atoms with Crippen LogP contribution in [0.2, 0.25) is 0 Å². The molecule has 0 amide bonds. The lowest BCUT2D eigenvalue weighted by Crippen LogP contribution is -1.61. The summed E-state index contributed by atoms with van der Waals surface area (Å²) in [5, 5.41) is 6.51. The number of hydrogen-bond acceptors (Lipinski definition) is 2. The second kappa shape index (κ2) is 5.08. The number of nitrogens with one attached hydrogen (secondary N) is 1. The van der Waals surface area contributed by atoms with Crippen molar-refractivity contribution < 1.29 is 0 Å². The quantitative estimate of drug-likeness (QED) is 0.496. The van der Waals surface area contributed by atoms with Crippen molar-refractivity contribution >= 4 is 12.4 Å². The molecule has 0 heterocycles. The van der Waals surface area contributed by atoms with E-state index in [4.69, 9.17) is 5.41 Å². The molecule has 2 nitrogen and oxygen atoms in total. The first kappa shape index (κ1) is 6.08. The molecule has 0 atom stereocenters. The predicted octanol–water partition coefficient (Wildman–Crippen LogP) is 0.893. The lowest BCUT2D eigenvalue weighted by atomic mass is 10.5. The van der Waals surface area contributed by atoms with E-state index in [-0.39, 0.29) is 0 Å². The zero-order valence-corrected chi connectivity index (χ0v) is 4.26. The Morgan fingerprint density at radius 2 is 2.14 bits per heavy atom. The molecule has 2 heteroatoms. The molecule has 0 aromatic carbocycles. The van der Waals surface area contributed by atoms with Gasteiger partial charge in [0.2, 0.25) is 0 Å². The summed E-state index contributed by atoms with van der Waals surface area (Å²) in [6.07, 6.45) is 6.15. The van der Waals surface area contributed by atoms with E-state index in [0.717, 1.165) is 0 Å². The molecule has 1 N–H and O–H groups in total. The molecular formula is C5H8N2. The summed E-state index contributed by atoms with van der Waals surface area (Å²) < 4.78 is 0. The number of hydrogen-bond donors (Lipinski definition) is 1. The Labute approximate surface area is 43.1 Å². The van der Waals surface area contributed by atoms with Crippen LogP contribution in [0.25, 0.3) is 0 Å². The zero-order chi connectivity index (χ0) is 5.54. The van der Waals surface area contributed by atoms with Gasteiger partial charge in [-0.1, -0.05) is 0 Å². The van der Waals surface area contributed by atoms with Gasteiger partial charge in [-0.25, -0.2) is 0 Å². The fourth-order valence-electron chi connectivity index (χ4n) is 0.191. The Bertz CT molecular complexity index is 92.3. The predicted molar refractivity (Wildman–Crippen MR) is 32.3 cm³/mol. The second-order valence-corrected chi connectivity index (χ2v) is 0.959. The highest BCUT2D eigenvalue weighted by molar-refractivity contribution is 5.79.